The van der Waals surface area contributed by atoms with Crippen molar-refractivity contribution in [3.63, 3.8) is 0 Å². The van der Waals surface area contributed by atoms with Crippen molar-refractivity contribution in [3.8, 4) is 0 Å². The lowest BCUT2D eigenvalue weighted by Gasteiger charge is -2.26. The first kappa shape index (κ1) is 13.4. The van der Waals surface area contributed by atoms with Crippen molar-refractivity contribution in [1.82, 2.24) is 15.2 Å². The van der Waals surface area contributed by atoms with Gasteiger partial charge in [-0.1, -0.05) is 0 Å². The SMILES string of the molecule is O=C(Cc1csc(N2CCNC2=O)n1)N1CCCCC1. The van der Waals surface area contributed by atoms with Crippen LogP contribution in [-0.4, -0.2) is 48.0 Å². The number of likely N-dealkylation sites (tertiary alicyclic amines) is 1. The maximum absolute atomic E-state index is 12.2. The molecule has 0 atom stereocenters. The fourth-order valence-corrected chi connectivity index (χ4v) is 3.41. The van der Waals surface area contributed by atoms with Crippen LogP contribution in [0.3, 0.4) is 0 Å². The lowest BCUT2D eigenvalue weighted by molar-refractivity contribution is -0.131. The van der Waals surface area contributed by atoms with Crippen LogP contribution in [0.15, 0.2) is 5.38 Å². The van der Waals surface area contributed by atoms with E-state index in [0.29, 0.717) is 24.6 Å². The Morgan fingerprint density at radius 2 is 2.10 bits per heavy atom. The van der Waals surface area contributed by atoms with Gasteiger partial charge in [0.05, 0.1) is 12.1 Å². The number of nitrogens with one attached hydrogen (secondary N) is 1. The molecule has 0 aromatic carbocycles. The van der Waals surface area contributed by atoms with Crippen molar-refractivity contribution in [2.45, 2.75) is 25.7 Å². The van der Waals surface area contributed by atoms with Gasteiger partial charge in [-0.3, -0.25) is 9.69 Å². The first-order chi connectivity index (χ1) is 9.74. The lowest BCUT2D eigenvalue weighted by atomic mass is 10.1. The Morgan fingerprint density at radius 3 is 2.80 bits per heavy atom. The van der Waals surface area contributed by atoms with Gasteiger partial charge >= 0.3 is 6.03 Å². The molecule has 0 spiro atoms. The van der Waals surface area contributed by atoms with Gasteiger partial charge in [-0.2, -0.15) is 0 Å². The summed E-state index contributed by atoms with van der Waals surface area (Å²) in [5.41, 5.74) is 0.764. The molecule has 0 radical (unpaired) electrons. The van der Waals surface area contributed by atoms with Crippen LogP contribution in [0, 0.1) is 0 Å². The molecule has 0 unspecified atom stereocenters. The van der Waals surface area contributed by atoms with Gasteiger partial charge in [-0.25, -0.2) is 9.78 Å². The Bertz CT molecular complexity index is 510. The number of carbonyl (C=O) groups excluding carboxylic acids is 2. The largest absolute Gasteiger partial charge is 0.342 e. The van der Waals surface area contributed by atoms with Crippen LogP contribution in [0.25, 0.3) is 0 Å². The number of hydrogen-bond donors (Lipinski definition) is 1. The maximum Gasteiger partial charge on any atom is 0.323 e. The van der Waals surface area contributed by atoms with E-state index in [-0.39, 0.29) is 11.9 Å². The van der Waals surface area contributed by atoms with Crippen LogP contribution in [0.5, 0.6) is 0 Å². The van der Waals surface area contributed by atoms with E-state index in [9.17, 15) is 9.59 Å². The summed E-state index contributed by atoms with van der Waals surface area (Å²) >= 11 is 1.42. The number of anilines is 1. The van der Waals surface area contributed by atoms with Crippen LogP contribution in [0.2, 0.25) is 0 Å². The van der Waals surface area contributed by atoms with Crippen LogP contribution in [0.4, 0.5) is 9.93 Å². The summed E-state index contributed by atoms with van der Waals surface area (Å²) in [6.45, 7) is 3.03. The van der Waals surface area contributed by atoms with Gasteiger partial charge in [0, 0.05) is 31.6 Å². The van der Waals surface area contributed by atoms with Crippen molar-refractivity contribution in [3.05, 3.63) is 11.1 Å². The number of aromatic nitrogens is 1. The first-order valence-corrected chi connectivity index (χ1v) is 7.89. The number of piperidine rings is 1. The van der Waals surface area contributed by atoms with E-state index in [4.69, 9.17) is 0 Å². The normalized spacial score (nSPS) is 19.3. The second kappa shape index (κ2) is 5.78. The summed E-state index contributed by atoms with van der Waals surface area (Å²) in [5, 5.41) is 5.31. The second-order valence-corrected chi connectivity index (χ2v) is 5.96. The van der Waals surface area contributed by atoms with Gasteiger partial charge < -0.3 is 10.2 Å². The number of nitrogens with zero attached hydrogens (tertiary/aromatic N) is 3. The van der Waals surface area contributed by atoms with Gasteiger partial charge in [-0.05, 0) is 19.3 Å². The predicted molar refractivity (Wildman–Crippen MR) is 77.0 cm³/mol. The number of thiazole rings is 1. The van der Waals surface area contributed by atoms with Gasteiger partial charge in [0.25, 0.3) is 0 Å². The highest BCUT2D eigenvalue weighted by molar-refractivity contribution is 7.14. The minimum absolute atomic E-state index is 0.103. The highest BCUT2D eigenvalue weighted by atomic mass is 32.1. The number of hydrogen-bond acceptors (Lipinski definition) is 4. The lowest BCUT2D eigenvalue weighted by Crippen LogP contribution is -2.36. The quantitative estimate of drug-likeness (QED) is 0.912. The zero-order chi connectivity index (χ0) is 13.9. The van der Waals surface area contributed by atoms with Crippen molar-refractivity contribution in [2.75, 3.05) is 31.1 Å². The molecule has 1 N–H and O–H groups in total. The highest BCUT2D eigenvalue weighted by Gasteiger charge is 2.24. The first-order valence-electron chi connectivity index (χ1n) is 7.01. The third-order valence-corrected chi connectivity index (χ3v) is 4.58. The molecule has 0 saturated carbocycles. The number of amides is 3. The Labute approximate surface area is 121 Å². The second-order valence-electron chi connectivity index (χ2n) is 5.12. The molecule has 2 fully saturated rings. The topological polar surface area (TPSA) is 65.5 Å². The highest BCUT2D eigenvalue weighted by Crippen LogP contribution is 2.22. The molecular weight excluding hydrogens is 276 g/mol. The standard InChI is InChI=1S/C13H18N4O2S/c18-11(16-5-2-1-3-6-16)8-10-9-20-13(15-10)17-7-4-14-12(17)19/h9H,1-8H2,(H,14,19). The van der Waals surface area contributed by atoms with Crippen molar-refractivity contribution in [2.24, 2.45) is 0 Å². The van der Waals surface area contributed by atoms with Crippen LogP contribution < -0.4 is 10.2 Å². The van der Waals surface area contributed by atoms with Crippen molar-refractivity contribution < 1.29 is 9.59 Å². The molecule has 2 aliphatic rings. The summed E-state index contributed by atoms with van der Waals surface area (Å²) in [6.07, 6.45) is 3.75. The van der Waals surface area contributed by atoms with Crippen LogP contribution in [-0.2, 0) is 11.2 Å². The van der Waals surface area contributed by atoms with E-state index in [1.165, 1.54) is 17.8 Å². The molecule has 3 rings (SSSR count). The van der Waals surface area contributed by atoms with E-state index < -0.39 is 0 Å². The Kier molecular flexibility index (Phi) is 3.86. The zero-order valence-corrected chi connectivity index (χ0v) is 12.1. The summed E-state index contributed by atoms with van der Waals surface area (Å²) in [5.74, 6) is 0.146. The monoisotopic (exact) mass is 294 g/mol. The third-order valence-electron chi connectivity index (χ3n) is 3.67. The molecule has 1 aromatic heterocycles. The van der Waals surface area contributed by atoms with E-state index in [2.05, 4.69) is 10.3 Å². The predicted octanol–water partition coefficient (Wildman–Crippen LogP) is 1.23. The van der Waals surface area contributed by atoms with E-state index >= 15 is 0 Å². The molecular formula is C13H18N4O2S. The molecule has 2 saturated heterocycles. The van der Waals surface area contributed by atoms with E-state index in [1.807, 2.05) is 10.3 Å². The van der Waals surface area contributed by atoms with Crippen LogP contribution in [0.1, 0.15) is 25.0 Å². The molecule has 108 valence electrons. The van der Waals surface area contributed by atoms with E-state index in [1.54, 1.807) is 4.90 Å². The fourth-order valence-electron chi connectivity index (χ4n) is 2.57. The Hall–Kier alpha value is -1.63. The van der Waals surface area contributed by atoms with E-state index in [0.717, 1.165) is 31.6 Å². The smallest absolute Gasteiger partial charge is 0.323 e. The number of rotatable bonds is 3. The van der Waals surface area contributed by atoms with Crippen molar-refractivity contribution >= 4 is 28.4 Å². The molecule has 3 amide bonds. The van der Waals surface area contributed by atoms with Gasteiger partial charge in [-0.15, -0.1) is 11.3 Å². The molecule has 3 heterocycles. The molecule has 0 aliphatic carbocycles. The fraction of sp³-hybridized carbons (Fsp3) is 0.615. The maximum atomic E-state index is 12.2. The average Bonchev–Trinajstić information content (AvgIpc) is 3.08. The third kappa shape index (κ3) is 2.77. The molecule has 6 nitrogen and oxygen atoms in total. The van der Waals surface area contributed by atoms with Gasteiger partial charge in [0.15, 0.2) is 5.13 Å². The summed E-state index contributed by atoms with van der Waals surface area (Å²) in [4.78, 5) is 31.7. The molecule has 7 heteroatoms. The minimum atomic E-state index is -0.103. The molecule has 0 bridgehead atoms. The molecule has 1 aromatic rings. The average molecular weight is 294 g/mol. The molecule has 2 aliphatic heterocycles. The summed E-state index contributed by atoms with van der Waals surface area (Å²) in [6, 6.07) is -0.103. The van der Waals surface area contributed by atoms with Crippen molar-refractivity contribution in [1.29, 1.82) is 0 Å². The molecule has 20 heavy (non-hydrogen) atoms. The summed E-state index contributed by atoms with van der Waals surface area (Å²) in [7, 11) is 0. The van der Waals surface area contributed by atoms with Crippen LogP contribution >= 0.6 is 11.3 Å². The van der Waals surface area contributed by atoms with Gasteiger partial charge in [0.2, 0.25) is 5.91 Å². The summed E-state index contributed by atoms with van der Waals surface area (Å²) < 4.78 is 0. The van der Waals surface area contributed by atoms with Gasteiger partial charge in [0.1, 0.15) is 0 Å². The Morgan fingerprint density at radius 1 is 1.30 bits per heavy atom. The minimum Gasteiger partial charge on any atom is -0.342 e. The Balaban J connectivity index is 1.62. The zero-order valence-electron chi connectivity index (χ0n) is 11.3. The number of urea groups is 1. The number of carbonyl (C=O) groups is 2.